The molecule has 0 aliphatic carbocycles. The van der Waals surface area contributed by atoms with Crippen molar-refractivity contribution < 1.29 is 18.3 Å². The van der Waals surface area contributed by atoms with E-state index in [4.69, 9.17) is 27.9 Å². The van der Waals surface area contributed by atoms with Crippen LogP contribution in [0.4, 0.5) is 8.78 Å². The number of esters is 1. The maximum absolute atomic E-state index is 13.7. The minimum atomic E-state index is -0.560. The molecular formula is C19H11Cl2F2NO2. The van der Waals surface area contributed by atoms with Gasteiger partial charge in [0.25, 0.3) is 0 Å². The van der Waals surface area contributed by atoms with Gasteiger partial charge in [0.15, 0.2) is 5.75 Å². The molecule has 0 unspecified atom stereocenters. The average Bonchev–Trinajstić information content (AvgIpc) is 2.59. The van der Waals surface area contributed by atoms with Crippen LogP contribution in [0.3, 0.4) is 0 Å². The monoisotopic (exact) mass is 393 g/mol. The van der Waals surface area contributed by atoms with Crippen LogP contribution in [0, 0.1) is 11.6 Å². The fraction of sp³-hybridized carbons (Fsp3) is 0.0526. The maximum Gasteiger partial charge on any atom is 0.308 e. The lowest BCUT2D eigenvalue weighted by atomic mass is 10.1. The predicted octanol–water partition coefficient (Wildman–Crippen LogP) is 5.92. The van der Waals surface area contributed by atoms with Crippen LogP contribution in [-0.2, 0) is 4.79 Å². The number of ether oxygens (including phenoxy) is 1. The number of rotatable bonds is 3. The van der Waals surface area contributed by atoms with Crippen molar-refractivity contribution in [1.29, 1.82) is 0 Å². The standard InChI is InChI=1S/C19H11Cl2F2NO2/c1-10(25)26-19-16(21)9-15(20)14-6-5-13(24-18(14)19)4-2-11-8-12(22)3-7-17(11)23/h2-9H,1H3/b4-2+. The summed E-state index contributed by atoms with van der Waals surface area (Å²) >= 11 is 12.3. The van der Waals surface area contributed by atoms with Gasteiger partial charge in [-0.25, -0.2) is 13.8 Å². The summed E-state index contributed by atoms with van der Waals surface area (Å²) in [5.74, 6) is -1.57. The first-order valence-corrected chi connectivity index (χ1v) is 8.21. The number of halogens is 4. The van der Waals surface area contributed by atoms with E-state index >= 15 is 0 Å². The summed E-state index contributed by atoms with van der Waals surface area (Å²) < 4.78 is 32.1. The minimum Gasteiger partial charge on any atom is -0.423 e. The summed E-state index contributed by atoms with van der Waals surface area (Å²) in [4.78, 5) is 15.7. The van der Waals surface area contributed by atoms with Crippen molar-refractivity contribution >= 4 is 52.2 Å². The highest BCUT2D eigenvalue weighted by atomic mass is 35.5. The van der Waals surface area contributed by atoms with E-state index in [-0.39, 0.29) is 16.3 Å². The number of hydrogen-bond donors (Lipinski definition) is 0. The van der Waals surface area contributed by atoms with Crippen LogP contribution >= 0.6 is 23.2 Å². The number of fused-ring (bicyclic) bond motifs is 1. The lowest BCUT2D eigenvalue weighted by Crippen LogP contribution is -2.03. The zero-order valence-electron chi connectivity index (χ0n) is 13.4. The quantitative estimate of drug-likeness (QED) is 0.409. The molecular weight excluding hydrogens is 383 g/mol. The Balaban J connectivity index is 2.09. The Morgan fingerprint density at radius 2 is 1.85 bits per heavy atom. The largest absolute Gasteiger partial charge is 0.423 e. The number of benzene rings is 2. The van der Waals surface area contributed by atoms with E-state index in [1.165, 1.54) is 25.1 Å². The summed E-state index contributed by atoms with van der Waals surface area (Å²) in [6.45, 7) is 1.24. The lowest BCUT2D eigenvalue weighted by Gasteiger charge is -2.10. The molecule has 0 aliphatic heterocycles. The molecule has 0 N–H and O–H groups in total. The van der Waals surface area contributed by atoms with Crippen molar-refractivity contribution in [3.63, 3.8) is 0 Å². The molecule has 0 amide bonds. The predicted molar refractivity (Wildman–Crippen MR) is 98.4 cm³/mol. The Kier molecular flexibility index (Phi) is 5.20. The van der Waals surface area contributed by atoms with Crippen molar-refractivity contribution in [3.8, 4) is 5.75 Å². The van der Waals surface area contributed by atoms with Crippen molar-refractivity contribution in [1.82, 2.24) is 4.98 Å². The summed E-state index contributed by atoms with van der Waals surface area (Å²) in [7, 11) is 0. The molecule has 0 saturated heterocycles. The van der Waals surface area contributed by atoms with Gasteiger partial charge in [-0.15, -0.1) is 0 Å². The summed E-state index contributed by atoms with van der Waals surface area (Å²) in [5, 5.41) is 1.03. The van der Waals surface area contributed by atoms with E-state index < -0.39 is 17.6 Å². The molecule has 0 fully saturated rings. The molecule has 0 radical (unpaired) electrons. The molecule has 2 aromatic carbocycles. The van der Waals surface area contributed by atoms with Crippen molar-refractivity contribution in [3.05, 3.63) is 69.3 Å². The van der Waals surface area contributed by atoms with Gasteiger partial charge in [-0.1, -0.05) is 23.2 Å². The third-order valence-corrected chi connectivity index (χ3v) is 4.09. The van der Waals surface area contributed by atoms with Crippen molar-refractivity contribution in [2.24, 2.45) is 0 Å². The second-order valence-electron chi connectivity index (χ2n) is 5.39. The molecule has 1 aromatic heterocycles. The van der Waals surface area contributed by atoms with Crippen molar-refractivity contribution in [2.75, 3.05) is 0 Å². The van der Waals surface area contributed by atoms with E-state index in [1.54, 1.807) is 12.1 Å². The number of aromatic nitrogens is 1. The van der Waals surface area contributed by atoms with E-state index in [1.807, 2.05) is 0 Å². The summed E-state index contributed by atoms with van der Waals surface area (Å²) in [6, 6.07) is 7.94. The topological polar surface area (TPSA) is 39.2 Å². The Labute approximate surface area is 157 Å². The average molecular weight is 394 g/mol. The second kappa shape index (κ2) is 7.40. The van der Waals surface area contributed by atoms with Crippen molar-refractivity contribution in [2.45, 2.75) is 6.92 Å². The highest BCUT2D eigenvalue weighted by molar-refractivity contribution is 6.39. The third-order valence-electron chi connectivity index (χ3n) is 3.50. The fourth-order valence-corrected chi connectivity index (χ4v) is 2.91. The molecule has 3 rings (SSSR count). The Morgan fingerprint density at radius 3 is 2.58 bits per heavy atom. The number of pyridine rings is 1. The molecule has 0 bridgehead atoms. The van der Waals surface area contributed by atoms with Gasteiger partial charge in [-0.3, -0.25) is 4.79 Å². The molecule has 3 nitrogen and oxygen atoms in total. The summed E-state index contributed by atoms with van der Waals surface area (Å²) in [5.41, 5.74) is 0.795. The summed E-state index contributed by atoms with van der Waals surface area (Å²) in [6.07, 6.45) is 2.90. The highest BCUT2D eigenvalue weighted by Crippen LogP contribution is 2.37. The number of hydrogen-bond acceptors (Lipinski definition) is 3. The lowest BCUT2D eigenvalue weighted by molar-refractivity contribution is -0.131. The molecule has 26 heavy (non-hydrogen) atoms. The first-order chi connectivity index (χ1) is 12.3. The van der Waals surface area contributed by atoms with Gasteiger partial charge < -0.3 is 4.74 Å². The first-order valence-electron chi connectivity index (χ1n) is 7.45. The van der Waals surface area contributed by atoms with E-state index in [2.05, 4.69) is 4.98 Å². The van der Waals surface area contributed by atoms with Gasteiger partial charge in [-0.05, 0) is 48.6 Å². The number of carbonyl (C=O) groups excluding carboxylic acids is 1. The second-order valence-corrected chi connectivity index (χ2v) is 6.21. The van der Waals surface area contributed by atoms with Crippen LogP contribution in [0.2, 0.25) is 10.0 Å². The van der Waals surface area contributed by atoms with Gasteiger partial charge in [0.1, 0.15) is 17.2 Å². The van der Waals surface area contributed by atoms with Crippen LogP contribution in [0.5, 0.6) is 5.75 Å². The van der Waals surface area contributed by atoms with Gasteiger partial charge >= 0.3 is 5.97 Å². The van der Waals surface area contributed by atoms with Gasteiger partial charge in [0.2, 0.25) is 0 Å². The van der Waals surface area contributed by atoms with Crippen LogP contribution in [0.1, 0.15) is 18.2 Å². The van der Waals surface area contributed by atoms with Crippen LogP contribution < -0.4 is 4.74 Å². The van der Waals surface area contributed by atoms with E-state index in [0.29, 0.717) is 21.6 Å². The van der Waals surface area contributed by atoms with E-state index in [0.717, 1.165) is 18.2 Å². The Morgan fingerprint density at radius 1 is 1.08 bits per heavy atom. The van der Waals surface area contributed by atoms with Crippen LogP contribution in [0.15, 0.2) is 36.4 Å². The molecule has 3 aromatic rings. The smallest absolute Gasteiger partial charge is 0.308 e. The van der Waals surface area contributed by atoms with Gasteiger partial charge in [0.05, 0.1) is 15.7 Å². The number of carbonyl (C=O) groups is 1. The molecule has 0 atom stereocenters. The zero-order chi connectivity index (χ0) is 18.8. The molecule has 1 heterocycles. The van der Waals surface area contributed by atoms with Gasteiger partial charge in [0, 0.05) is 17.9 Å². The van der Waals surface area contributed by atoms with Crippen LogP contribution in [-0.4, -0.2) is 11.0 Å². The van der Waals surface area contributed by atoms with Crippen LogP contribution in [0.25, 0.3) is 23.1 Å². The normalized spacial score (nSPS) is 11.3. The highest BCUT2D eigenvalue weighted by Gasteiger charge is 2.15. The molecule has 132 valence electrons. The fourth-order valence-electron chi connectivity index (χ4n) is 2.36. The number of nitrogens with zero attached hydrogens (tertiary/aromatic N) is 1. The molecule has 0 spiro atoms. The molecule has 0 saturated carbocycles. The minimum absolute atomic E-state index is 0.0798. The maximum atomic E-state index is 13.7. The third kappa shape index (κ3) is 3.84. The molecule has 7 heteroatoms. The Bertz CT molecular complexity index is 1050. The Hall–Kier alpha value is -2.50. The SMILES string of the molecule is CC(=O)Oc1c(Cl)cc(Cl)c2ccc(/C=C/c3cc(F)ccc3F)nc12. The van der Waals surface area contributed by atoms with E-state index in [9.17, 15) is 13.6 Å². The molecule has 0 aliphatic rings. The van der Waals surface area contributed by atoms with Gasteiger partial charge in [-0.2, -0.15) is 0 Å². The first kappa shape index (κ1) is 18.3. The zero-order valence-corrected chi connectivity index (χ0v) is 14.9.